The SMILES string of the molecule is C=CSc1ccccc1C(C)/C(=C/C(=N)c1ccccn1)NCc1ccccc1F. The molecule has 0 amide bonds. The van der Waals surface area contributed by atoms with Crippen LogP contribution in [0.3, 0.4) is 0 Å². The molecule has 3 nitrogen and oxygen atoms in total. The van der Waals surface area contributed by atoms with Crippen molar-refractivity contribution < 1.29 is 4.39 Å². The van der Waals surface area contributed by atoms with Crippen molar-refractivity contribution in [2.24, 2.45) is 0 Å². The van der Waals surface area contributed by atoms with Gasteiger partial charge in [0.2, 0.25) is 0 Å². The summed E-state index contributed by atoms with van der Waals surface area (Å²) in [6.07, 6.45) is 3.45. The topological polar surface area (TPSA) is 48.8 Å². The van der Waals surface area contributed by atoms with Gasteiger partial charge in [-0.3, -0.25) is 10.4 Å². The van der Waals surface area contributed by atoms with E-state index in [4.69, 9.17) is 5.41 Å². The summed E-state index contributed by atoms with van der Waals surface area (Å²) in [5.74, 6) is -0.288. The Morgan fingerprint density at radius 3 is 2.60 bits per heavy atom. The smallest absolute Gasteiger partial charge is 0.128 e. The van der Waals surface area contributed by atoms with Crippen LogP contribution in [0.25, 0.3) is 0 Å². The van der Waals surface area contributed by atoms with E-state index in [0.29, 0.717) is 23.5 Å². The monoisotopic (exact) mass is 417 g/mol. The van der Waals surface area contributed by atoms with Gasteiger partial charge in [-0.25, -0.2) is 4.39 Å². The highest BCUT2D eigenvalue weighted by Gasteiger charge is 2.17. The van der Waals surface area contributed by atoms with E-state index in [1.165, 1.54) is 6.07 Å². The minimum atomic E-state index is -0.251. The molecule has 30 heavy (non-hydrogen) atoms. The highest BCUT2D eigenvalue weighted by atomic mass is 32.2. The van der Waals surface area contributed by atoms with Gasteiger partial charge >= 0.3 is 0 Å². The van der Waals surface area contributed by atoms with Gasteiger partial charge in [-0.2, -0.15) is 0 Å². The quantitative estimate of drug-likeness (QED) is 0.317. The number of nitrogens with zero attached hydrogens (tertiary/aromatic N) is 1. The van der Waals surface area contributed by atoms with E-state index in [-0.39, 0.29) is 11.7 Å². The van der Waals surface area contributed by atoms with Crippen LogP contribution >= 0.6 is 11.8 Å². The lowest BCUT2D eigenvalue weighted by molar-refractivity contribution is 0.596. The van der Waals surface area contributed by atoms with Gasteiger partial charge in [-0.15, -0.1) is 0 Å². The van der Waals surface area contributed by atoms with Crippen LogP contribution in [0.1, 0.15) is 29.7 Å². The van der Waals surface area contributed by atoms with Crippen LogP contribution < -0.4 is 5.32 Å². The molecule has 5 heteroatoms. The van der Waals surface area contributed by atoms with Gasteiger partial charge in [-0.1, -0.05) is 67.7 Å². The Labute approximate surface area is 181 Å². The van der Waals surface area contributed by atoms with Crippen molar-refractivity contribution in [1.82, 2.24) is 10.3 Å². The molecule has 1 atom stereocenters. The van der Waals surface area contributed by atoms with E-state index >= 15 is 0 Å². The van der Waals surface area contributed by atoms with E-state index in [0.717, 1.165) is 16.2 Å². The maximum absolute atomic E-state index is 14.1. The second kappa shape index (κ2) is 10.6. The highest BCUT2D eigenvalue weighted by molar-refractivity contribution is 8.02. The van der Waals surface area contributed by atoms with Crippen molar-refractivity contribution in [2.45, 2.75) is 24.3 Å². The number of benzene rings is 2. The molecule has 152 valence electrons. The molecule has 1 heterocycles. The summed E-state index contributed by atoms with van der Waals surface area (Å²) in [5, 5.41) is 13.7. The zero-order valence-electron chi connectivity index (χ0n) is 16.8. The lowest BCUT2D eigenvalue weighted by Crippen LogP contribution is -2.20. The van der Waals surface area contributed by atoms with E-state index < -0.39 is 0 Å². The fraction of sp³-hybridized carbons (Fsp3) is 0.120. The molecule has 2 aromatic carbocycles. The van der Waals surface area contributed by atoms with Crippen LogP contribution in [0.4, 0.5) is 4.39 Å². The molecule has 0 aliphatic rings. The molecular weight excluding hydrogens is 393 g/mol. The molecule has 3 aromatic rings. The summed E-state index contributed by atoms with van der Waals surface area (Å²) >= 11 is 1.56. The van der Waals surface area contributed by atoms with Crippen LogP contribution in [-0.4, -0.2) is 10.7 Å². The Bertz CT molecular complexity index is 1050. The minimum Gasteiger partial charge on any atom is -0.384 e. The van der Waals surface area contributed by atoms with Gasteiger partial charge in [-0.05, 0) is 41.3 Å². The number of aromatic nitrogens is 1. The molecule has 0 radical (unpaired) electrons. The number of pyridine rings is 1. The molecule has 0 saturated heterocycles. The van der Waals surface area contributed by atoms with E-state index in [1.54, 1.807) is 47.6 Å². The average Bonchev–Trinajstić information content (AvgIpc) is 2.78. The Hall–Kier alpha value is -3.18. The van der Waals surface area contributed by atoms with Crippen molar-refractivity contribution in [3.05, 3.63) is 119 Å². The first-order chi connectivity index (χ1) is 14.6. The van der Waals surface area contributed by atoms with Gasteiger partial charge in [0.05, 0.1) is 11.4 Å². The number of nitrogens with one attached hydrogen (secondary N) is 2. The Morgan fingerprint density at radius 2 is 1.87 bits per heavy atom. The van der Waals surface area contributed by atoms with Crippen LogP contribution in [0.5, 0.6) is 0 Å². The average molecular weight is 418 g/mol. The van der Waals surface area contributed by atoms with Crippen molar-refractivity contribution in [1.29, 1.82) is 5.41 Å². The number of allylic oxidation sites excluding steroid dienone is 2. The largest absolute Gasteiger partial charge is 0.384 e. The van der Waals surface area contributed by atoms with Gasteiger partial charge in [0.15, 0.2) is 0 Å². The summed E-state index contributed by atoms with van der Waals surface area (Å²) < 4.78 is 14.1. The molecule has 2 N–H and O–H groups in total. The van der Waals surface area contributed by atoms with Gasteiger partial charge < -0.3 is 5.32 Å². The molecule has 3 rings (SSSR count). The maximum atomic E-state index is 14.1. The van der Waals surface area contributed by atoms with Crippen LogP contribution in [0.15, 0.2) is 102 Å². The lowest BCUT2D eigenvalue weighted by Gasteiger charge is -2.21. The Balaban J connectivity index is 1.94. The standard InChI is InChI=1S/C25H24FN3S/c1-3-30-25-14-7-5-11-20(25)18(2)24(16-22(27)23-13-8-9-15-28-23)29-17-19-10-4-6-12-21(19)26/h3-16,18,27,29H,1,17H2,2H3/b24-16-,27-22?. The third-order valence-corrected chi connectivity index (χ3v) is 5.54. The van der Waals surface area contributed by atoms with Crippen LogP contribution in [0, 0.1) is 11.2 Å². The fourth-order valence-corrected chi connectivity index (χ4v) is 3.84. The summed E-state index contributed by atoms with van der Waals surface area (Å²) in [7, 11) is 0. The number of hydrogen-bond acceptors (Lipinski definition) is 4. The normalized spacial score (nSPS) is 12.3. The third-order valence-electron chi connectivity index (χ3n) is 4.74. The molecule has 0 saturated carbocycles. The zero-order chi connectivity index (χ0) is 21.3. The summed E-state index contributed by atoms with van der Waals surface area (Å²) in [6, 6.07) is 20.3. The summed E-state index contributed by atoms with van der Waals surface area (Å²) in [5.41, 5.74) is 3.40. The van der Waals surface area contributed by atoms with Gasteiger partial charge in [0, 0.05) is 34.8 Å². The molecule has 0 fully saturated rings. The number of hydrogen-bond donors (Lipinski definition) is 2. The second-order valence-corrected chi connectivity index (χ2v) is 7.73. The fourth-order valence-electron chi connectivity index (χ4n) is 3.12. The number of rotatable bonds is 9. The first-order valence-corrected chi connectivity index (χ1v) is 10.5. The lowest BCUT2D eigenvalue weighted by atomic mass is 9.95. The predicted molar refractivity (Wildman–Crippen MR) is 123 cm³/mol. The van der Waals surface area contributed by atoms with Crippen molar-refractivity contribution in [3.63, 3.8) is 0 Å². The van der Waals surface area contributed by atoms with Gasteiger partial charge in [0.1, 0.15) is 5.82 Å². The van der Waals surface area contributed by atoms with Crippen molar-refractivity contribution in [3.8, 4) is 0 Å². The van der Waals surface area contributed by atoms with E-state index in [1.807, 2.05) is 30.3 Å². The van der Waals surface area contributed by atoms with Crippen molar-refractivity contribution >= 4 is 17.5 Å². The van der Waals surface area contributed by atoms with E-state index in [2.05, 4.69) is 35.9 Å². The molecule has 0 aliphatic heterocycles. The second-order valence-electron chi connectivity index (χ2n) is 6.72. The van der Waals surface area contributed by atoms with E-state index in [9.17, 15) is 4.39 Å². The van der Waals surface area contributed by atoms with Crippen LogP contribution in [-0.2, 0) is 6.54 Å². The zero-order valence-corrected chi connectivity index (χ0v) is 17.6. The number of halogens is 1. The molecule has 0 bridgehead atoms. The first kappa shape index (κ1) is 21.5. The molecule has 0 aliphatic carbocycles. The highest BCUT2D eigenvalue weighted by Crippen LogP contribution is 2.32. The molecule has 1 aromatic heterocycles. The third kappa shape index (κ3) is 5.45. The maximum Gasteiger partial charge on any atom is 0.128 e. The van der Waals surface area contributed by atoms with Crippen molar-refractivity contribution in [2.75, 3.05) is 0 Å². The first-order valence-electron chi connectivity index (χ1n) is 9.65. The van der Waals surface area contributed by atoms with Crippen LogP contribution in [0.2, 0.25) is 0 Å². The minimum absolute atomic E-state index is 0.0375. The predicted octanol–water partition coefficient (Wildman–Crippen LogP) is 6.30. The Kier molecular flexibility index (Phi) is 7.57. The number of thioether (sulfide) groups is 1. The molecule has 0 spiro atoms. The summed E-state index contributed by atoms with van der Waals surface area (Å²) in [6.45, 7) is 6.23. The Morgan fingerprint density at radius 1 is 1.13 bits per heavy atom. The van der Waals surface area contributed by atoms with Gasteiger partial charge in [0.25, 0.3) is 0 Å². The molecular formula is C25H24FN3S. The summed E-state index contributed by atoms with van der Waals surface area (Å²) in [4.78, 5) is 5.37. The molecule has 1 unspecified atom stereocenters.